The normalized spacial score (nSPS) is 20.1. The van der Waals surface area contributed by atoms with Crippen LogP contribution in [0.15, 0.2) is 59.8 Å². The second-order valence-corrected chi connectivity index (χ2v) is 10.2. The Kier molecular flexibility index (Phi) is 8.90. The number of β-lactam (4-membered cyclic amide) rings is 1. The zero-order chi connectivity index (χ0) is 28.1. The lowest BCUT2D eigenvalue weighted by Crippen LogP contribution is -2.70. The van der Waals surface area contributed by atoms with Gasteiger partial charge in [-0.3, -0.25) is 14.5 Å². The minimum atomic E-state index is -1.55. The first kappa shape index (κ1) is 28.1. The van der Waals surface area contributed by atoms with Crippen LogP contribution in [-0.4, -0.2) is 71.3 Å². The number of fused-ring (bicyclic) bond motifs is 1. The Morgan fingerprint density at radius 3 is 2.05 bits per heavy atom. The maximum absolute atomic E-state index is 13.1. The number of hydrogen-bond acceptors (Lipinski definition) is 10. The molecule has 39 heavy (non-hydrogen) atoms. The zero-order valence-electron chi connectivity index (χ0n) is 21.5. The quantitative estimate of drug-likeness (QED) is 0.184. The molecule has 0 aromatic heterocycles. The molecule has 0 saturated carbocycles. The Hall–Kier alpha value is -3.87. The van der Waals surface area contributed by atoms with Crippen LogP contribution in [-0.2, 0) is 57.7 Å². The average Bonchev–Trinajstić information content (AvgIpc) is 2.94. The van der Waals surface area contributed by atoms with Gasteiger partial charge in [-0.25, -0.2) is 9.59 Å². The van der Waals surface area contributed by atoms with E-state index in [1.807, 2.05) is 0 Å². The molecule has 206 valence electrons. The van der Waals surface area contributed by atoms with E-state index in [0.717, 1.165) is 10.5 Å². The highest BCUT2D eigenvalue weighted by Gasteiger charge is 2.61. The van der Waals surface area contributed by atoms with Crippen molar-refractivity contribution in [3.63, 3.8) is 0 Å². The Morgan fingerprint density at radius 2 is 1.49 bits per heavy atom. The van der Waals surface area contributed by atoms with Crippen molar-refractivity contribution < 1.29 is 47.4 Å². The van der Waals surface area contributed by atoms with Gasteiger partial charge in [0, 0.05) is 19.6 Å². The van der Waals surface area contributed by atoms with Gasteiger partial charge in [0.2, 0.25) is 11.5 Å². The van der Waals surface area contributed by atoms with Crippen LogP contribution in [0.2, 0.25) is 0 Å². The number of rotatable bonds is 10. The fourth-order valence-corrected chi connectivity index (χ4v) is 5.78. The highest BCUT2D eigenvalue weighted by atomic mass is 32.2. The van der Waals surface area contributed by atoms with Crippen LogP contribution in [0.25, 0.3) is 0 Å². The molecule has 2 unspecified atom stereocenters. The van der Waals surface area contributed by atoms with Crippen molar-refractivity contribution in [1.29, 1.82) is 0 Å². The van der Waals surface area contributed by atoms with Gasteiger partial charge >= 0.3 is 17.9 Å². The molecule has 0 bridgehead atoms. The third kappa shape index (κ3) is 6.24. The number of carbonyl (C=O) groups excluding carboxylic acids is 4. The highest BCUT2D eigenvalue weighted by Crippen LogP contribution is 2.38. The van der Waals surface area contributed by atoms with Crippen LogP contribution in [0.1, 0.15) is 28.4 Å². The number of nitrogens with zero attached hydrogens (tertiary/aromatic N) is 1. The first-order chi connectivity index (χ1) is 18.7. The van der Waals surface area contributed by atoms with Gasteiger partial charge in [0.05, 0.1) is 12.7 Å². The molecular formula is C27H27NO10S. The van der Waals surface area contributed by atoms with Crippen LogP contribution >= 0.6 is 0 Å². The molecule has 1 amide bonds. The Morgan fingerprint density at radius 1 is 0.897 bits per heavy atom. The first-order valence-corrected chi connectivity index (χ1v) is 13.3. The molecule has 0 radical (unpaired) electrons. The van der Waals surface area contributed by atoms with Crippen molar-refractivity contribution >= 4 is 35.0 Å². The van der Waals surface area contributed by atoms with E-state index in [1.165, 1.54) is 14.0 Å². The summed E-state index contributed by atoms with van der Waals surface area (Å²) in [5.74, 6) is -1.83. The summed E-state index contributed by atoms with van der Waals surface area (Å²) in [5, 5.41) is -0.825. The molecule has 2 aromatic rings. The minimum absolute atomic E-state index is 0.0701. The van der Waals surface area contributed by atoms with Crippen molar-refractivity contribution in [3.8, 4) is 5.75 Å². The average molecular weight is 558 g/mol. The molecule has 2 aliphatic rings. The van der Waals surface area contributed by atoms with E-state index in [4.69, 9.17) is 23.7 Å². The van der Waals surface area contributed by atoms with E-state index >= 15 is 0 Å². The van der Waals surface area contributed by atoms with Crippen molar-refractivity contribution in [2.75, 3.05) is 26.6 Å². The molecule has 0 aliphatic carbocycles. The zero-order valence-corrected chi connectivity index (χ0v) is 22.4. The lowest BCUT2D eigenvalue weighted by molar-refractivity contribution is -0.164. The molecule has 1 fully saturated rings. The number of methoxy groups -OCH3 is 2. The lowest BCUT2D eigenvalue weighted by atomic mass is 10.1. The monoisotopic (exact) mass is 557 g/mol. The third-order valence-corrected chi connectivity index (χ3v) is 7.77. The molecule has 12 heteroatoms. The fourth-order valence-electron chi connectivity index (χ4n) is 4.09. The second kappa shape index (κ2) is 12.3. The van der Waals surface area contributed by atoms with Gasteiger partial charge in [0.15, 0.2) is 0 Å². The summed E-state index contributed by atoms with van der Waals surface area (Å²) in [6.45, 7) is 0.841. The third-order valence-electron chi connectivity index (χ3n) is 6.14. The molecule has 3 atom stereocenters. The summed E-state index contributed by atoms with van der Waals surface area (Å²) in [7, 11) is 2.89. The van der Waals surface area contributed by atoms with Gasteiger partial charge in [-0.05, 0) is 46.6 Å². The molecular weight excluding hydrogens is 530 g/mol. The van der Waals surface area contributed by atoms with Crippen LogP contribution in [0, 0.1) is 0 Å². The topological polar surface area (TPSA) is 141 Å². The number of esters is 3. The molecule has 2 heterocycles. The minimum Gasteiger partial charge on any atom is -0.614 e. The molecule has 0 spiro atoms. The maximum Gasteiger partial charge on any atom is 0.355 e. The van der Waals surface area contributed by atoms with Gasteiger partial charge in [0.1, 0.15) is 37.0 Å². The van der Waals surface area contributed by atoms with Crippen molar-refractivity contribution in [2.24, 2.45) is 0 Å². The van der Waals surface area contributed by atoms with Gasteiger partial charge in [-0.15, -0.1) is 0 Å². The van der Waals surface area contributed by atoms with E-state index in [1.54, 1.807) is 55.6 Å². The van der Waals surface area contributed by atoms with E-state index in [9.17, 15) is 23.7 Å². The number of carbonyl (C=O) groups is 4. The smallest absolute Gasteiger partial charge is 0.355 e. The molecule has 11 nitrogen and oxygen atoms in total. The van der Waals surface area contributed by atoms with Gasteiger partial charge in [-0.2, -0.15) is 0 Å². The molecule has 2 aromatic carbocycles. The second-order valence-electron chi connectivity index (χ2n) is 8.71. The van der Waals surface area contributed by atoms with Gasteiger partial charge in [0.25, 0.3) is 5.91 Å². The van der Waals surface area contributed by atoms with Crippen molar-refractivity contribution in [2.45, 2.75) is 31.6 Å². The Balaban J connectivity index is 1.38. The Labute approximate surface area is 227 Å². The van der Waals surface area contributed by atoms with E-state index in [0.29, 0.717) is 16.9 Å². The summed E-state index contributed by atoms with van der Waals surface area (Å²) >= 11 is -1.55. The predicted molar refractivity (Wildman–Crippen MR) is 136 cm³/mol. The summed E-state index contributed by atoms with van der Waals surface area (Å²) in [6.07, 6.45) is -0.930. The van der Waals surface area contributed by atoms with E-state index in [2.05, 4.69) is 0 Å². The number of benzene rings is 2. The number of ether oxygens (including phenoxy) is 5. The van der Waals surface area contributed by atoms with E-state index in [-0.39, 0.29) is 36.8 Å². The lowest BCUT2D eigenvalue weighted by Gasteiger charge is -2.48. The largest absolute Gasteiger partial charge is 0.614 e. The van der Waals surface area contributed by atoms with Crippen LogP contribution < -0.4 is 4.74 Å². The van der Waals surface area contributed by atoms with Crippen LogP contribution in [0.3, 0.4) is 0 Å². The fraction of sp³-hybridized carbons (Fsp3) is 0.333. The van der Waals surface area contributed by atoms with Gasteiger partial charge < -0.3 is 28.2 Å². The standard InChI is InChI=1S/C27H27NO10S/c1-16(29)36-14-20-15-39(33)25-23(35-3)24(30)28(25)22(20)27(32)38-13-17-4-8-19(9-5-17)26(31)37-12-18-6-10-21(34-2)11-7-18/h4-11,23,25H,12-15H2,1-3H3/t23-,25?,39?/m1/s1. The predicted octanol–water partition coefficient (Wildman–Crippen LogP) is 1.86. The Bertz CT molecular complexity index is 1270. The molecule has 0 N–H and O–H groups in total. The van der Waals surface area contributed by atoms with Crippen molar-refractivity contribution in [1.82, 2.24) is 4.90 Å². The maximum atomic E-state index is 13.1. The summed E-state index contributed by atoms with van der Waals surface area (Å²) in [4.78, 5) is 50.5. The van der Waals surface area contributed by atoms with Crippen LogP contribution in [0.5, 0.6) is 5.75 Å². The molecule has 4 rings (SSSR count). The van der Waals surface area contributed by atoms with Crippen molar-refractivity contribution in [3.05, 3.63) is 76.5 Å². The van der Waals surface area contributed by atoms with Crippen LogP contribution in [0.4, 0.5) is 0 Å². The molecule has 2 aliphatic heterocycles. The number of hydrogen-bond donors (Lipinski definition) is 0. The van der Waals surface area contributed by atoms with E-state index < -0.39 is 46.5 Å². The summed E-state index contributed by atoms with van der Waals surface area (Å²) in [6, 6.07) is 13.5. The summed E-state index contributed by atoms with van der Waals surface area (Å²) < 4.78 is 38.7. The summed E-state index contributed by atoms with van der Waals surface area (Å²) in [5.41, 5.74) is 1.83. The SMILES string of the molecule is COc1ccc(COC(=O)c2ccc(COC(=O)C3=C(COC(C)=O)C[S+]([O-])C4[C@H](OC)C(=O)N34)cc2)cc1. The first-order valence-electron chi connectivity index (χ1n) is 11.9. The molecule has 1 saturated heterocycles. The number of amides is 1. The van der Waals surface area contributed by atoms with Gasteiger partial charge in [-0.1, -0.05) is 24.3 Å². The highest BCUT2D eigenvalue weighted by molar-refractivity contribution is 7.92.